The second kappa shape index (κ2) is 7.95. The molecule has 1 saturated heterocycles. The zero-order chi connectivity index (χ0) is 16.8. The summed E-state index contributed by atoms with van der Waals surface area (Å²) in [6.45, 7) is 7.24. The minimum absolute atomic E-state index is 0.420. The lowest BCUT2D eigenvalue weighted by atomic mass is 9.99. The van der Waals surface area contributed by atoms with Crippen LogP contribution in [0.1, 0.15) is 30.6 Å². The maximum Gasteiger partial charge on any atom is 0.248 e. The summed E-state index contributed by atoms with van der Waals surface area (Å²) in [7, 11) is 0. The molecule has 128 valence electrons. The molecule has 1 aromatic heterocycles. The van der Waals surface area contributed by atoms with Gasteiger partial charge in [0.15, 0.2) is 11.8 Å². The number of benzene rings is 1. The molecule has 2 aromatic rings. The van der Waals surface area contributed by atoms with E-state index in [4.69, 9.17) is 4.52 Å². The summed E-state index contributed by atoms with van der Waals surface area (Å²) in [6.07, 6.45) is 2.32. The van der Waals surface area contributed by atoms with E-state index in [1.54, 1.807) is 0 Å². The largest absolute Gasteiger partial charge is 0.357 e. The number of rotatable bonds is 5. The normalized spacial score (nSPS) is 18.2. The van der Waals surface area contributed by atoms with Crippen molar-refractivity contribution in [2.45, 2.75) is 33.2 Å². The molecule has 3 rings (SSSR count). The minimum atomic E-state index is 0.420. The van der Waals surface area contributed by atoms with E-state index in [0.29, 0.717) is 24.2 Å². The lowest BCUT2D eigenvalue weighted by molar-refractivity contribution is 0.375. The third kappa shape index (κ3) is 4.34. The Morgan fingerprint density at radius 3 is 2.92 bits per heavy atom. The lowest BCUT2D eigenvalue weighted by Gasteiger charge is -2.21. The van der Waals surface area contributed by atoms with E-state index < -0.39 is 0 Å². The van der Waals surface area contributed by atoms with Gasteiger partial charge in [-0.05, 0) is 38.2 Å². The first-order valence-corrected chi connectivity index (χ1v) is 8.61. The molecule has 0 saturated carbocycles. The van der Waals surface area contributed by atoms with Gasteiger partial charge in [0.05, 0.1) is 0 Å². The predicted octanol–water partition coefficient (Wildman–Crippen LogP) is 2.41. The predicted molar refractivity (Wildman–Crippen MR) is 93.7 cm³/mol. The van der Waals surface area contributed by atoms with Crippen LogP contribution in [-0.4, -0.2) is 40.6 Å². The highest BCUT2D eigenvalue weighted by Gasteiger charge is 2.25. The smallest absolute Gasteiger partial charge is 0.248 e. The number of nitrogens with zero attached hydrogens (tertiary/aromatic N) is 4. The van der Waals surface area contributed by atoms with E-state index in [1.165, 1.54) is 12.0 Å². The maximum absolute atomic E-state index is 5.14. The van der Waals surface area contributed by atoms with Crippen LogP contribution < -0.4 is 5.32 Å². The first kappa shape index (κ1) is 16.5. The van der Waals surface area contributed by atoms with Gasteiger partial charge in [-0.1, -0.05) is 35.5 Å². The van der Waals surface area contributed by atoms with Crippen LogP contribution in [-0.2, 0) is 13.0 Å². The first-order chi connectivity index (χ1) is 11.7. The fraction of sp³-hybridized carbons (Fsp3) is 0.500. The third-order valence-electron chi connectivity index (χ3n) is 4.22. The number of guanidine groups is 1. The highest BCUT2D eigenvalue weighted by atomic mass is 16.5. The highest BCUT2D eigenvalue weighted by Crippen LogP contribution is 2.21. The van der Waals surface area contributed by atoms with Crippen molar-refractivity contribution < 1.29 is 4.52 Å². The van der Waals surface area contributed by atoms with E-state index in [9.17, 15) is 0 Å². The average Bonchev–Trinajstić information content (AvgIpc) is 3.22. The van der Waals surface area contributed by atoms with Crippen molar-refractivity contribution in [2.24, 2.45) is 10.9 Å². The molecule has 0 amide bonds. The fourth-order valence-electron chi connectivity index (χ4n) is 3.11. The van der Waals surface area contributed by atoms with Crippen molar-refractivity contribution in [3.63, 3.8) is 0 Å². The molecule has 2 heterocycles. The Labute approximate surface area is 143 Å². The van der Waals surface area contributed by atoms with E-state index in [2.05, 4.69) is 62.6 Å². The molecule has 6 nitrogen and oxygen atoms in total. The monoisotopic (exact) mass is 327 g/mol. The number of likely N-dealkylation sites (tertiary alicyclic amines) is 1. The molecule has 0 radical (unpaired) electrons. The van der Waals surface area contributed by atoms with Gasteiger partial charge in [-0.25, -0.2) is 4.99 Å². The number of hydrogen-bond donors (Lipinski definition) is 1. The SMILES string of the molecule is CCNC(=NCc1nc(C)no1)N1CCC(Cc2ccccc2)C1. The zero-order valence-corrected chi connectivity index (χ0v) is 14.4. The quantitative estimate of drug-likeness (QED) is 0.675. The molecule has 1 aliphatic rings. The van der Waals surface area contributed by atoms with E-state index >= 15 is 0 Å². The van der Waals surface area contributed by atoms with Gasteiger partial charge in [0.2, 0.25) is 5.89 Å². The molecule has 0 spiro atoms. The number of aryl methyl sites for hydroxylation is 1. The summed E-state index contributed by atoms with van der Waals surface area (Å²) in [5.41, 5.74) is 1.41. The molecule has 6 heteroatoms. The molecule has 1 unspecified atom stereocenters. The maximum atomic E-state index is 5.14. The standard InChI is InChI=1S/C18H25N5O/c1-3-19-18(20-12-17-21-14(2)22-24-17)23-10-9-16(13-23)11-15-7-5-4-6-8-15/h4-8,16H,3,9-13H2,1-2H3,(H,19,20). The molecule has 24 heavy (non-hydrogen) atoms. The average molecular weight is 327 g/mol. The third-order valence-corrected chi connectivity index (χ3v) is 4.22. The molecule has 1 N–H and O–H groups in total. The topological polar surface area (TPSA) is 66.5 Å². The van der Waals surface area contributed by atoms with Crippen LogP contribution in [0, 0.1) is 12.8 Å². The van der Waals surface area contributed by atoms with Crippen molar-refractivity contribution in [2.75, 3.05) is 19.6 Å². The van der Waals surface area contributed by atoms with Gasteiger partial charge in [-0.3, -0.25) is 0 Å². The molecule has 0 aliphatic carbocycles. The highest BCUT2D eigenvalue weighted by molar-refractivity contribution is 5.80. The van der Waals surface area contributed by atoms with Crippen LogP contribution in [0.5, 0.6) is 0 Å². The first-order valence-electron chi connectivity index (χ1n) is 8.61. The van der Waals surface area contributed by atoms with Gasteiger partial charge < -0.3 is 14.7 Å². The second-order valence-electron chi connectivity index (χ2n) is 6.20. The number of nitrogens with one attached hydrogen (secondary N) is 1. The van der Waals surface area contributed by atoms with Gasteiger partial charge in [0, 0.05) is 19.6 Å². The van der Waals surface area contributed by atoms with Crippen LogP contribution in [0.2, 0.25) is 0 Å². The van der Waals surface area contributed by atoms with Gasteiger partial charge in [0.25, 0.3) is 0 Å². The molecule has 1 fully saturated rings. The second-order valence-corrected chi connectivity index (χ2v) is 6.20. The number of hydrogen-bond acceptors (Lipinski definition) is 4. The van der Waals surface area contributed by atoms with E-state index in [-0.39, 0.29) is 0 Å². The van der Waals surface area contributed by atoms with Crippen LogP contribution in [0.25, 0.3) is 0 Å². The molecule has 0 bridgehead atoms. The Morgan fingerprint density at radius 1 is 1.38 bits per heavy atom. The van der Waals surface area contributed by atoms with E-state index in [1.807, 2.05) is 6.92 Å². The molecular formula is C18H25N5O. The Morgan fingerprint density at radius 2 is 2.21 bits per heavy atom. The summed E-state index contributed by atoms with van der Waals surface area (Å²) in [5.74, 6) is 2.81. The van der Waals surface area contributed by atoms with Crippen molar-refractivity contribution in [3.8, 4) is 0 Å². The molecule has 1 atom stereocenters. The van der Waals surface area contributed by atoms with Crippen LogP contribution in [0.4, 0.5) is 0 Å². The summed E-state index contributed by atoms with van der Waals surface area (Å²) in [5, 5.41) is 7.18. The van der Waals surface area contributed by atoms with E-state index in [0.717, 1.165) is 32.0 Å². The molecule has 1 aromatic carbocycles. The van der Waals surface area contributed by atoms with Gasteiger partial charge in [-0.15, -0.1) is 0 Å². The minimum Gasteiger partial charge on any atom is -0.357 e. The fourth-order valence-corrected chi connectivity index (χ4v) is 3.11. The molecule has 1 aliphatic heterocycles. The Hall–Kier alpha value is -2.37. The van der Waals surface area contributed by atoms with Crippen LogP contribution >= 0.6 is 0 Å². The molecular weight excluding hydrogens is 302 g/mol. The van der Waals surface area contributed by atoms with Crippen LogP contribution in [0.3, 0.4) is 0 Å². The summed E-state index contributed by atoms with van der Waals surface area (Å²) in [4.78, 5) is 11.2. The summed E-state index contributed by atoms with van der Waals surface area (Å²) < 4.78 is 5.14. The Kier molecular flexibility index (Phi) is 5.46. The summed E-state index contributed by atoms with van der Waals surface area (Å²) in [6, 6.07) is 10.7. The number of aliphatic imine (C=N–C) groups is 1. The Balaban J connectivity index is 1.60. The van der Waals surface area contributed by atoms with Gasteiger partial charge >= 0.3 is 0 Å². The lowest BCUT2D eigenvalue weighted by Crippen LogP contribution is -2.40. The van der Waals surface area contributed by atoms with Gasteiger partial charge in [0.1, 0.15) is 6.54 Å². The van der Waals surface area contributed by atoms with Crippen molar-refractivity contribution in [1.29, 1.82) is 0 Å². The van der Waals surface area contributed by atoms with Crippen LogP contribution in [0.15, 0.2) is 39.8 Å². The van der Waals surface area contributed by atoms with Gasteiger partial charge in [-0.2, -0.15) is 4.98 Å². The Bertz CT molecular complexity index is 667. The summed E-state index contributed by atoms with van der Waals surface area (Å²) >= 11 is 0. The van der Waals surface area contributed by atoms with Crippen molar-refractivity contribution in [3.05, 3.63) is 47.6 Å². The number of aromatic nitrogens is 2. The zero-order valence-electron chi connectivity index (χ0n) is 14.4. The van der Waals surface area contributed by atoms with Crippen molar-refractivity contribution >= 4 is 5.96 Å². The van der Waals surface area contributed by atoms with Crippen molar-refractivity contribution in [1.82, 2.24) is 20.4 Å².